The third kappa shape index (κ3) is 5.09. The van der Waals surface area contributed by atoms with Gasteiger partial charge in [-0.2, -0.15) is 0 Å². The second kappa shape index (κ2) is 11.9. The Hall–Kier alpha value is -3.68. The monoisotopic (exact) mass is 563 g/mol. The Kier molecular flexibility index (Phi) is 8.06. The lowest BCUT2D eigenvalue weighted by Crippen LogP contribution is -2.46. The van der Waals surface area contributed by atoms with E-state index in [1.54, 1.807) is 6.07 Å². The Labute approximate surface area is 247 Å². The van der Waals surface area contributed by atoms with Crippen molar-refractivity contribution in [3.8, 4) is 5.75 Å². The molecule has 3 aromatic carbocycles. The average molecular weight is 564 g/mol. The molecule has 2 N–H and O–H groups in total. The van der Waals surface area contributed by atoms with E-state index in [0.717, 1.165) is 47.6 Å². The van der Waals surface area contributed by atoms with Crippen molar-refractivity contribution in [3.05, 3.63) is 89.0 Å². The fraction of sp³-hybridized carbons (Fsp3) is 0.371. The molecule has 7 heteroatoms. The van der Waals surface area contributed by atoms with Crippen LogP contribution in [0.3, 0.4) is 0 Å². The number of hydrogen-bond acceptors (Lipinski definition) is 5. The number of phenols is 1. The zero-order chi connectivity index (χ0) is 29.4. The van der Waals surface area contributed by atoms with Gasteiger partial charge in [0.2, 0.25) is 11.8 Å². The predicted octanol–water partition coefficient (Wildman–Crippen LogP) is 6.92. The highest BCUT2D eigenvalue weighted by atomic mass is 16.5. The minimum Gasteiger partial charge on any atom is -0.507 e. The van der Waals surface area contributed by atoms with Gasteiger partial charge in [0.15, 0.2) is 0 Å². The fourth-order valence-electron chi connectivity index (χ4n) is 7.45. The molecule has 3 aromatic rings. The molecule has 0 bridgehead atoms. The van der Waals surface area contributed by atoms with E-state index in [9.17, 15) is 19.7 Å². The molecule has 2 fully saturated rings. The van der Waals surface area contributed by atoms with Gasteiger partial charge in [-0.3, -0.25) is 14.5 Å². The molecule has 1 aliphatic carbocycles. The summed E-state index contributed by atoms with van der Waals surface area (Å²) >= 11 is 0. The van der Waals surface area contributed by atoms with E-state index in [4.69, 9.17) is 4.65 Å². The molecule has 2 heterocycles. The van der Waals surface area contributed by atoms with Crippen LogP contribution in [0.25, 0.3) is 16.8 Å². The number of para-hydroxylation sites is 1. The number of amides is 2. The van der Waals surface area contributed by atoms with Gasteiger partial charge in [-0.05, 0) is 79.1 Å². The summed E-state index contributed by atoms with van der Waals surface area (Å²) in [5.74, 6) is -1.09. The van der Waals surface area contributed by atoms with E-state index in [2.05, 4.69) is 19.9 Å². The Morgan fingerprint density at radius 3 is 2.45 bits per heavy atom. The number of carbonyl (C=O) groups excluding carboxylic acids is 2. The zero-order valence-electron chi connectivity index (χ0n) is 24.3. The van der Waals surface area contributed by atoms with Crippen LogP contribution in [-0.2, 0) is 14.2 Å². The number of phenolic OH excluding ortho intramolecular Hbond substituents is 1. The number of allylic oxidation sites excluding steroid dienone is 2. The lowest BCUT2D eigenvalue weighted by Gasteiger charge is -2.43. The van der Waals surface area contributed by atoms with Crippen LogP contribution in [0.1, 0.15) is 57.9 Å². The van der Waals surface area contributed by atoms with Gasteiger partial charge in [0.1, 0.15) is 5.75 Å². The maximum Gasteiger partial charge on any atom is 0.455 e. The van der Waals surface area contributed by atoms with Gasteiger partial charge in [-0.15, -0.1) is 0 Å². The molecule has 6 rings (SSSR count). The van der Waals surface area contributed by atoms with Crippen molar-refractivity contribution in [2.75, 3.05) is 4.90 Å². The normalized spacial score (nSPS) is 24.4. The molecule has 0 saturated carbocycles. The van der Waals surface area contributed by atoms with Crippen LogP contribution in [0.5, 0.6) is 5.75 Å². The molecular weight excluding hydrogens is 525 g/mol. The largest absolute Gasteiger partial charge is 0.507 e. The molecule has 3 aliphatic rings. The summed E-state index contributed by atoms with van der Waals surface area (Å²) in [6.07, 6.45) is 6.92. The number of aromatic hydroxyl groups is 1. The standard InChI is InChI=1S/C35H38BNO5/c1-3-10-24-20-28-33(35(40)37(34(28)39)25-11-6-5-7-12-25)29-21-36(41)42-31(32(24)29)18-15-22(4-2)19-23-16-17-30(38)27-14-9-8-13-26(23)27/h5-9,11-14,16-17,19,28-29,31,33,38,41H,3-4,10,15,18,20-21H2,1-2H3/b22-19+/t28-,29+,31-,33-/m1/s1. The zero-order valence-corrected chi connectivity index (χ0v) is 24.3. The summed E-state index contributed by atoms with van der Waals surface area (Å²) in [7, 11) is -0.978. The molecule has 0 aromatic heterocycles. The molecule has 2 amide bonds. The Balaban J connectivity index is 1.30. The van der Waals surface area contributed by atoms with Crippen LogP contribution >= 0.6 is 0 Å². The first-order chi connectivity index (χ1) is 20.4. The van der Waals surface area contributed by atoms with E-state index in [1.807, 2.05) is 60.7 Å². The number of carbonyl (C=O) groups is 2. The van der Waals surface area contributed by atoms with Crippen molar-refractivity contribution in [2.45, 2.75) is 64.8 Å². The Bertz CT molecular complexity index is 1560. The molecule has 2 saturated heterocycles. The van der Waals surface area contributed by atoms with Gasteiger partial charge in [0.05, 0.1) is 23.6 Å². The second-order valence-corrected chi connectivity index (χ2v) is 11.8. The highest BCUT2D eigenvalue weighted by Gasteiger charge is 2.57. The lowest BCUT2D eigenvalue weighted by atomic mass is 9.58. The van der Waals surface area contributed by atoms with Gasteiger partial charge in [0, 0.05) is 5.39 Å². The van der Waals surface area contributed by atoms with E-state index >= 15 is 0 Å². The Morgan fingerprint density at radius 2 is 1.71 bits per heavy atom. The first-order valence-corrected chi connectivity index (χ1v) is 15.3. The number of rotatable bonds is 8. The molecule has 6 nitrogen and oxygen atoms in total. The number of anilines is 1. The van der Waals surface area contributed by atoms with E-state index < -0.39 is 19.0 Å². The van der Waals surface area contributed by atoms with Crippen LogP contribution in [0.4, 0.5) is 5.69 Å². The minimum atomic E-state index is -0.978. The number of hydrogen-bond donors (Lipinski definition) is 2. The van der Waals surface area contributed by atoms with Gasteiger partial charge in [0.25, 0.3) is 0 Å². The summed E-state index contributed by atoms with van der Waals surface area (Å²) < 4.78 is 6.21. The third-order valence-electron chi connectivity index (χ3n) is 9.35. The van der Waals surface area contributed by atoms with Crippen LogP contribution in [0.15, 0.2) is 83.4 Å². The highest BCUT2D eigenvalue weighted by molar-refractivity contribution is 6.43. The molecule has 2 aliphatic heterocycles. The summed E-state index contributed by atoms with van der Waals surface area (Å²) in [4.78, 5) is 28.9. The highest BCUT2D eigenvalue weighted by Crippen LogP contribution is 2.52. The first-order valence-electron chi connectivity index (χ1n) is 15.3. The van der Waals surface area contributed by atoms with Gasteiger partial charge >= 0.3 is 7.12 Å². The molecule has 0 unspecified atom stereocenters. The predicted molar refractivity (Wildman–Crippen MR) is 167 cm³/mol. The second-order valence-electron chi connectivity index (χ2n) is 11.8. The summed E-state index contributed by atoms with van der Waals surface area (Å²) in [5, 5.41) is 23.1. The molecule has 42 heavy (non-hydrogen) atoms. The van der Waals surface area contributed by atoms with Crippen LogP contribution < -0.4 is 4.90 Å². The first kappa shape index (κ1) is 28.4. The summed E-state index contributed by atoms with van der Waals surface area (Å²) in [6, 6.07) is 20.7. The molecule has 216 valence electrons. The van der Waals surface area contributed by atoms with Crippen LogP contribution in [0, 0.1) is 17.8 Å². The Morgan fingerprint density at radius 1 is 0.976 bits per heavy atom. The van der Waals surface area contributed by atoms with Crippen LogP contribution in [0.2, 0.25) is 6.32 Å². The number of imide groups is 1. The average Bonchev–Trinajstić information content (AvgIpc) is 3.25. The maximum atomic E-state index is 13.9. The van der Waals surface area contributed by atoms with Crippen molar-refractivity contribution in [3.63, 3.8) is 0 Å². The number of fused-ring (bicyclic) bond motifs is 4. The maximum absolute atomic E-state index is 13.9. The number of benzene rings is 3. The SMILES string of the molecule is CCCC1=C2[C@@H](CC/C(=C/c3ccc(O)c4ccccc34)CC)OB(O)C[C@@H]2[C@@H]2C(=O)N(c3ccccc3)C(=O)[C@@H]2C1. The van der Waals surface area contributed by atoms with Crippen molar-refractivity contribution in [1.82, 2.24) is 0 Å². The summed E-state index contributed by atoms with van der Waals surface area (Å²) in [6.45, 7) is 4.28. The van der Waals surface area contributed by atoms with Crippen molar-refractivity contribution in [1.29, 1.82) is 0 Å². The van der Waals surface area contributed by atoms with E-state index in [0.29, 0.717) is 24.8 Å². The minimum absolute atomic E-state index is 0.126. The van der Waals surface area contributed by atoms with Crippen molar-refractivity contribution in [2.24, 2.45) is 17.8 Å². The smallest absolute Gasteiger partial charge is 0.455 e. The molecule has 0 spiro atoms. The van der Waals surface area contributed by atoms with Crippen LogP contribution in [-0.4, -0.2) is 35.2 Å². The molecular formula is C35H38BNO5. The van der Waals surface area contributed by atoms with Crippen molar-refractivity contribution < 1.29 is 24.4 Å². The van der Waals surface area contributed by atoms with Gasteiger partial charge < -0.3 is 14.8 Å². The van der Waals surface area contributed by atoms with Gasteiger partial charge in [-0.25, -0.2) is 0 Å². The quantitative estimate of drug-likeness (QED) is 0.177. The topological polar surface area (TPSA) is 87.1 Å². The van der Waals surface area contributed by atoms with Crippen molar-refractivity contribution >= 4 is 41.5 Å². The van der Waals surface area contributed by atoms with E-state index in [-0.39, 0.29) is 29.6 Å². The molecule has 4 atom stereocenters. The summed E-state index contributed by atoms with van der Waals surface area (Å²) in [5.41, 5.74) is 5.29. The third-order valence-corrected chi connectivity index (χ3v) is 9.35. The van der Waals surface area contributed by atoms with E-state index in [1.165, 1.54) is 16.0 Å². The number of nitrogens with zero attached hydrogens (tertiary/aromatic N) is 1. The fourth-order valence-corrected chi connectivity index (χ4v) is 7.45. The molecule has 0 radical (unpaired) electrons. The lowest BCUT2D eigenvalue weighted by molar-refractivity contribution is -0.122. The van der Waals surface area contributed by atoms with Gasteiger partial charge in [-0.1, -0.05) is 86.0 Å².